The van der Waals surface area contributed by atoms with Gasteiger partial charge in [0, 0.05) is 5.54 Å². The van der Waals surface area contributed by atoms with Gasteiger partial charge in [0.05, 0.1) is 0 Å². The smallest absolute Gasteiger partial charge is 0.0470 e. The number of nitrogens with two attached hydrogens (primary N) is 1. The van der Waals surface area contributed by atoms with E-state index in [0.717, 1.165) is 12.8 Å². The zero-order valence-electron chi connectivity index (χ0n) is 10.4. The Balaban J connectivity index is 2.99. The molecule has 0 heterocycles. The maximum Gasteiger partial charge on any atom is 0.0470 e. The molecular formula is C15H23N. The summed E-state index contributed by atoms with van der Waals surface area (Å²) in [4.78, 5) is 0. The van der Waals surface area contributed by atoms with Crippen molar-refractivity contribution in [1.29, 1.82) is 0 Å². The minimum absolute atomic E-state index is 0.265. The average Bonchev–Trinajstić information content (AvgIpc) is 2.36. The Bertz CT molecular complexity index is 317. The molecule has 0 saturated heterocycles. The Morgan fingerprint density at radius 1 is 1.38 bits per heavy atom. The standard InChI is InChI=1S/C15H23N/c1-4-6-12-15(16,13(3)5-2)14-10-8-7-9-11-14/h5,7-11,13H,2,4,6,12,16H2,1,3H3. The van der Waals surface area contributed by atoms with Crippen LogP contribution in [0.2, 0.25) is 0 Å². The molecule has 0 radical (unpaired) electrons. The van der Waals surface area contributed by atoms with Crippen molar-refractivity contribution in [3.63, 3.8) is 0 Å². The predicted octanol–water partition coefficient (Wildman–Crippen LogP) is 3.85. The van der Waals surface area contributed by atoms with Crippen LogP contribution in [-0.4, -0.2) is 0 Å². The van der Waals surface area contributed by atoms with E-state index >= 15 is 0 Å². The molecule has 0 fully saturated rings. The van der Waals surface area contributed by atoms with Gasteiger partial charge in [0.15, 0.2) is 0 Å². The lowest BCUT2D eigenvalue weighted by atomic mass is 9.76. The molecule has 16 heavy (non-hydrogen) atoms. The molecule has 1 nitrogen and oxygen atoms in total. The number of rotatable bonds is 6. The molecule has 2 unspecified atom stereocenters. The van der Waals surface area contributed by atoms with Gasteiger partial charge >= 0.3 is 0 Å². The van der Waals surface area contributed by atoms with Crippen molar-refractivity contribution in [2.45, 2.75) is 38.6 Å². The van der Waals surface area contributed by atoms with Gasteiger partial charge in [-0.15, -0.1) is 6.58 Å². The van der Waals surface area contributed by atoms with Crippen LogP contribution in [0.3, 0.4) is 0 Å². The molecule has 0 bridgehead atoms. The largest absolute Gasteiger partial charge is 0.321 e. The van der Waals surface area contributed by atoms with Gasteiger partial charge in [0.2, 0.25) is 0 Å². The quantitative estimate of drug-likeness (QED) is 0.720. The first-order valence-corrected chi connectivity index (χ1v) is 6.12. The van der Waals surface area contributed by atoms with E-state index in [1.807, 2.05) is 12.1 Å². The Morgan fingerprint density at radius 2 is 2.00 bits per heavy atom. The normalized spacial score (nSPS) is 16.4. The Labute approximate surface area is 99.4 Å². The van der Waals surface area contributed by atoms with Crippen molar-refractivity contribution in [2.75, 3.05) is 0 Å². The zero-order chi connectivity index (χ0) is 12.0. The Morgan fingerprint density at radius 3 is 2.50 bits per heavy atom. The summed E-state index contributed by atoms with van der Waals surface area (Å²) in [6.45, 7) is 8.23. The predicted molar refractivity (Wildman–Crippen MR) is 71.2 cm³/mol. The first kappa shape index (κ1) is 13.0. The van der Waals surface area contributed by atoms with Gasteiger partial charge < -0.3 is 5.73 Å². The molecule has 2 atom stereocenters. The third kappa shape index (κ3) is 2.73. The van der Waals surface area contributed by atoms with Gasteiger partial charge in [0.1, 0.15) is 0 Å². The van der Waals surface area contributed by atoms with Gasteiger partial charge in [-0.2, -0.15) is 0 Å². The van der Waals surface area contributed by atoms with Gasteiger partial charge in [-0.1, -0.05) is 63.1 Å². The van der Waals surface area contributed by atoms with Gasteiger partial charge in [-0.3, -0.25) is 0 Å². The molecular weight excluding hydrogens is 194 g/mol. The average molecular weight is 217 g/mol. The second kappa shape index (κ2) is 5.86. The van der Waals surface area contributed by atoms with Crippen LogP contribution in [-0.2, 0) is 5.54 Å². The van der Waals surface area contributed by atoms with Gasteiger partial charge in [-0.05, 0) is 17.9 Å². The van der Waals surface area contributed by atoms with Crippen molar-refractivity contribution in [1.82, 2.24) is 0 Å². The van der Waals surface area contributed by atoms with E-state index < -0.39 is 0 Å². The highest BCUT2D eigenvalue weighted by molar-refractivity contribution is 5.26. The zero-order valence-corrected chi connectivity index (χ0v) is 10.4. The van der Waals surface area contributed by atoms with Crippen LogP contribution in [0.5, 0.6) is 0 Å². The number of benzene rings is 1. The van der Waals surface area contributed by atoms with Crippen molar-refractivity contribution >= 4 is 0 Å². The summed E-state index contributed by atoms with van der Waals surface area (Å²) in [5.41, 5.74) is 7.54. The number of unbranched alkanes of at least 4 members (excludes halogenated alkanes) is 1. The molecule has 0 aliphatic rings. The lowest BCUT2D eigenvalue weighted by Crippen LogP contribution is -2.42. The summed E-state index contributed by atoms with van der Waals surface area (Å²) < 4.78 is 0. The summed E-state index contributed by atoms with van der Waals surface area (Å²) >= 11 is 0. The van der Waals surface area contributed by atoms with E-state index in [4.69, 9.17) is 5.73 Å². The van der Waals surface area contributed by atoms with Crippen molar-refractivity contribution in [3.8, 4) is 0 Å². The second-order valence-corrected chi connectivity index (χ2v) is 4.53. The summed E-state index contributed by atoms with van der Waals surface area (Å²) in [5.74, 6) is 0.293. The molecule has 0 aromatic heterocycles. The summed E-state index contributed by atoms with van der Waals surface area (Å²) in [5, 5.41) is 0. The lowest BCUT2D eigenvalue weighted by molar-refractivity contribution is 0.313. The molecule has 88 valence electrons. The third-order valence-electron chi connectivity index (χ3n) is 3.42. The van der Waals surface area contributed by atoms with Crippen molar-refractivity contribution < 1.29 is 0 Å². The van der Waals surface area contributed by atoms with E-state index in [-0.39, 0.29) is 5.54 Å². The molecule has 1 heteroatoms. The molecule has 0 amide bonds. The van der Waals surface area contributed by atoms with Crippen LogP contribution in [0, 0.1) is 5.92 Å². The summed E-state index contributed by atoms with van der Waals surface area (Å²) in [6.07, 6.45) is 5.31. The molecule has 1 aromatic rings. The number of hydrogen-bond donors (Lipinski definition) is 1. The van der Waals surface area contributed by atoms with Gasteiger partial charge in [0.25, 0.3) is 0 Å². The maximum absolute atomic E-state index is 6.59. The van der Waals surface area contributed by atoms with E-state index in [9.17, 15) is 0 Å². The Kier molecular flexibility index (Phi) is 4.75. The lowest BCUT2D eigenvalue weighted by Gasteiger charge is -2.34. The van der Waals surface area contributed by atoms with E-state index in [1.165, 1.54) is 12.0 Å². The third-order valence-corrected chi connectivity index (χ3v) is 3.42. The summed E-state index contributed by atoms with van der Waals surface area (Å²) in [7, 11) is 0. The SMILES string of the molecule is C=CC(C)C(N)(CCCC)c1ccccc1. The van der Waals surface area contributed by atoms with E-state index in [2.05, 4.69) is 44.7 Å². The molecule has 2 N–H and O–H groups in total. The second-order valence-electron chi connectivity index (χ2n) is 4.53. The van der Waals surface area contributed by atoms with Crippen LogP contribution in [0.1, 0.15) is 38.7 Å². The fraction of sp³-hybridized carbons (Fsp3) is 0.467. The summed E-state index contributed by atoms with van der Waals surface area (Å²) in [6, 6.07) is 10.4. The van der Waals surface area contributed by atoms with Crippen molar-refractivity contribution in [3.05, 3.63) is 48.6 Å². The highest BCUT2D eigenvalue weighted by Crippen LogP contribution is 2.32. The highest BCUT2D eigenvalue weighted by atomic mass is 14.8. The maximum atomic E-state index is 6.59. The topological polar surface area (TPSA) is 26.0 Å². The first-order chi connectivity index (χ1) is 7.65. The fourth-order valence-corrected chi connectivity index (χ4v) is 2.06. The monoisotopic (exact) mass is 217 g/mol. The minimum Gasteiger partial charge on any atom is -0.321 e. The van der Waals surface area contributed by atoms with Crippen LogP contribution < -0.4 is 5.73 Å². The highest BCUT2D eigenvalue weighted by Gasteiger charge is 2.31. The molecule has 1 aromatic carbocycles. The fourth-order valence-electron chi connectivity index (χ4n) is 2.06. The van der Waals surface area contributed by atoms with Crippen LogP contribution in [0.15, 0.2) is 43.0 Å². The van der Waals surface area contributed by atoms with E-state index in [1.54, 1.807) is 0 Å². The van der Waals surface area contributed by atoms with Crippen molar-refractivity contribution in [2.24, 2.45) is 11.7 Å². The molecule has 0 spiro atoms. The molecule has 1 rings (SSSR count). The minimum atomic E-state index is -0.265. The van der Waals surface area contributed by atoms with Gasteiger partial charge in [-0.25, -0.2) is 0 Å². The van der Waals surface area contributed by atoms with Crippen LogP contribution in [0.25, 0.3) is 0 Å². The van der Waals surface area contributed by atoms with E-state index in [0.29, 0.717) is 5.92 Å². The Hall–Kier alpha value is -1.08. The number of hydrogen-bond acceptors (Lipinski definition) is 1. The first-order valence-electron chi connectivity index (χ1n) is 6.12. The van der Waals surface area contributed by atoms with Crippen LogP contribution >= 0.6 is 0 Å². The molecule has 0 aliphatic carbocycles. The van der Waals surface area contributed by atoms with Crippen LogP contribution in [0.4, 0.5) is 0 Å². The molecule has 0 aliphatic heterocycles. The molecule has 0 saturated carbocycles.